The van der Waals surface area contributed by atoms with E-state index >= 15 is 0 Å². The van der Waals surface area contributed by atoms with Crippen molar-refractivity contribution in [1.82, 2.24) is 9.97 Å². The highest BCUT2D eigenvalue weighted by Crippen LogP contribution is 2.28. The lowest BCUT2D eigenvalue weighted by molar-refractivity contribution is -0.274. The van der Waals surface area contributed by atoms with Gasteiger partial charge in [0.15, 0.2) is 5.82 Å². The van der Waals surface area contributed by atoms with Gasteiger partial charge in [-0.25, -0.2) is 9.97 Å². The van der Waals surface area contributed by atoms with E-state index in [0.29, 0.717) is 11.6 Å². The average Bonchev–Trinajstić information content (AvgIpc) is 2.60. The van der Waals surface area contributed by atoms with Crippen molar-refractivity contribution in [3.05, 3.63) is 72.8 Å². The maximum atomic E-state index is 12.2. The Morgan fingerprint density at radius 1 is 0.800 bits per heavy atom. The predicted octanol–water partition coefficient (Wildman–Crippen LogP) is 4.62. The van der Waals surface area contributed by atoms with Crippen molar-refractivity contribution in [2.45, 2.75) is 13.0 Å². The Labute approximate surface area is 141 Å². The molecular formula is C18H13F3N2O2. The van der Waals surface area contributed by atoms with Gasteiger partial charge in [0.25, 0.3) is 0 Å². The first kappa shape index (κ1) is 16.8. The van der Waals surface area contributed by atoms with Crippen molar-refractivity contribution < 1.29 is 22.6 Å². The van der Waals surface area contributed by atoms with E-state index in [1.165, 1.54) is 12.1 Å². The van der Waals surface area contributed by atoms with Crippen molar-refractivity contribution in [1.29, 1.82) is 0 Å². The number of halogens is 3. The van der Waals surface area contributed by atoms with E-state index in [9.17, 15) is 13.2 Å². The molecule has 3 rings (SSSR count). The average molecular weight is 346 g/mol. The maximum absolute atomic E-state index is 12.2. The van der Waals surface area contributed by atoms with Gasteiger partial charge >= 0.3 is 6.36 Å². The number of benzene rings is 2. The van der Waals surface area contributed by atoms with Crippen molar-refractivity contribution >= 4 is 0 Å². The minimum Gasteiger partial charge on any atom is -0.486 e. The summed E-state index contributed by atoms with van der Waals surface area (Å²) in [6.45, 7) is 0.225. The molecule has 0 fully saturated rings. The number of hydrogen-bond acceptors (Lipinski definition) is 4. The first-order chi connectivity index (χ1) is 12.0. The SMILES string of the molecule is FC(F)(F)Oc1ccc(-c2cccc(OCc3ncccn3)c2)cc1. The Kier molecular flexibility index (Phi) is 4.83. The molecule has 0 N–H and O–H groups in total. The molecule has 0 saturated carbocycles. The largest absolute Gasteiger partial charge is 0.573 e. The van der Waals surface area contributed by atoms with Crippen molar-refractivity contribution in [2.75, 3.05) is 0 Å². The molecule has 25 heavy (non-hydrogen) atoms. The molecule has 3 aromatic rings. The molecule has 0 bridgehead atoms. The molecule has 128 valence electrons. The van der Waals surface area contributed by atoms with E-state index in [-0.39, 0.29) is 12.4 Å². The Balaban J connectivity index is 1.70. The number of nitrogens with zero attached hydrogens (tertiary/aromatic N) is 2. The van der Waals surface area contributed by atoms with Gasteiger partial charge in [-0.3, -0.25) is 0 Å². The van der Waals surface area contributed by atoms with Crippen LogP contribution in [0, 0.1) is 0 Å². The van der Waals surface area contributed by atoms with Gasteiger partial charge in [0.1, 0.15) is 18.1 Å². The zero-order valence-electron chi connectivity index (χ0n) is 12.9. The van der Waals surface area contributed by atoms with Crippen LogP contribution in [0.3, 0.4) is 0 Å². The number of ether oxygens (including phenoxy) is 2. The normalized spacial score (nSPS) is 11.2. The lowest BCUT2D eigenvalue weighted by atomic mass is 10.1. The predicted molar refractivity (Wildman–Crippen MR) is 84.9 cm³/mol. The van der Waals surface area contributed by atoms with Crippen LogP contribution in [-0.4, -0.2) is 16.3 Å². The molecule has 0 aliphatic heterocycles. The monoisotopic (exact) mass is 346 g/mol. The molecule has 0 saturated heterocycles. The lowest BCUT2D eigenvalue weighted by Crippen LogP contribution is -2.16. The highest BCUT2D eigenvalue weighted by atomic mass is 19.4. The summed E-state index contributed by atoms with van der Waals surface area (Å²) in [4.78, 5) is 8.14. The van der Waals surface area contributed by atoms with Gasteiger partial charge in [-0.05, 0) is 41.5 Å². The summed E-state index contributed by atoms with van der Waals surface area (Å²) >= 11 is 0. The summed E-state index contributed by atoms with van der Waals surface area (Å²) in [5.41, 5.74) is 1.56. The number of aromatic nitrogens is 2. The van der Waals surface area contributed by atoms with Crippen LogP contribution in [-0.2, 0) is 6.61 Å². The highest BCUT2D eigenvalue weighted by molar-refractivity contribution is 5.65. The van der Waals surface area contributed by atoms with Crippen molar-refractivity contribution in [3.8, 4) is 22.6 Å². The van der Waals surface area contributed by atoms with Crippen LogP contribution in [0.15, 0.2) is 67.0 Å². The summed E-state index contributed by atoms with van der Waals surface area (Å²) in [5.74, 6) is 0.909. The zero-order chi connectivity index (χ0) is 17.7. The fourth-order valence-corrected chi connectivity index (χ4v) is 2.17. The third kappa shape index (κ3) is 4.94. The van der Waals surface area contributed by atoms with Crippen LogP contribution in [0.2, 0.25) is 0 Å². The second-order valence-electron chi connectivity index (χ2n) is 5.05. The summed E-state index contributed by atoms with van der Waals surface area (Å²) in [5, 5.41) is 0. The Morgan fingerprint density at radius 3 is 2.20 bits per heavy atom. The Hall–Kier alpha value is -3.09. The number of hydrogen-bond donors (Lipinski definition) is 0. The Bertz CT molecular complexity index is 822. The van der Waals surface area contributed by atoms with Gasteiger partial charge in [-0.1, -0.05) is 24.3 Å². The van der Waals surface area contributed by atoms with Crippen LogP contribution < -0.4 is 9.47 Å². The van der Waals surface area contributed by atoms with Crippen molar-refractivity contribution in [2.24, 2.45) is 0 Å². The van der Waals surface area contributed by atoms with Gasteiger partial charge < -0.3 is 9.47 Å². The summed E-state index contributed by atoms with van der Waals surface area (Å²) < 4.78 is 46.1. The summed E-state index contributed by atoms with van der Waals surface area (Å²) in [7, 11) is 0. The molecule has 0 aliphatic rings. The van der Waals surface area contributed by atoms with Crippen LogP contribution >= 0.6 is 0 Å². The maximum Gasteiger partial charge on any atom is 0.573 e. The molecule has 1 aromatic heterocycles. The molecule has 0 aliphatic carbocycles. The topological polar surface area (TPSA) is 44.2 Å². The van der Waals surface area contributed by atoms with Crippen LogP contribution in [0.4, 0.5) is 13.2 Å². The smallest absolute Gasteiger partial charge is 0.486 e. The number of rotatable bonds is 5. The second-order valence-corrected chi connectivity index (χ2v) is 5.05. The van der Waals surface area contributed by atoms with E-state index in [1.807, 2.05) is 6.07 Å². The fourth-order valence-electron chi connectivity index (χ4n) is 2.17. The molecule has 0 atom stereocenters. The Morgan fingerprint density at radius 2 is 1.52 bits per heavy atom. The van der Waals surface area contributed by atoms with E-state index in [1.54, 1.807) is 48.8 Å². The van der Waals surface area contributed by atoms with Crippen LogP contribution in [0.25, 0.3) is 11.1 Å². The number of alkyl halides is 3. The second kappa shape index (κ2) is 7.21. The van der Waals surface area contributed by atoms with Crippen LogP contribution in [0.5, 0.6) is 11.5 Å². The molecule has 2 aromatic carbocycles. The highest BCUT2D eigenvalue weighted by Gasteiger charge is 2.30. The van der Waals surface area contributed by atoms with E-state index in [4.69, 9.17) is 4.74 Å². The zero-order valence-corrected chi connectivity index (χ0v) is 12.9. The molecule has 1 heterocycles. The third-order valence-electron chi connectivity index (χ3n) is 3.24. The molecule has 0 radical (unpaired) electrons. The van der Waals surface area contributed by atoms with Gasteiger partial charge in [0.2, 0.25) is 0 Å². The summed E-state index contributed by atoms with van der Waals surface area (Å²) in [6.07, 6.45) is -1.44. The first-order valence-corrected chi connectivity index (χ1v) is 7.34. The first-order valence-electron chi connectivity index (χ1n) is 7.34. The molecule has 0 spiro atoms. The fraction of sp³-hybridized carbons (Fsp3) is 0.111. The standard InChI is InChI=1S/C18H13F3N2O2/c19-18(20,21)25-15-7-5-13(6-8-15)14-3-1-4-16(11-14)24-12-17-22-9-2-10-23-17/h1-11H,12H2. The van der Waals surface area contributed by atoms with Gasteiger partial charge in [0.05, 0.1) is 0 Å². The van der Waals surface area contributed by atoms with E-state index in [2.05, 4.69) is 14.7 Å². The minimum absolute atomic E-state index is 0.225. The van der Waals surface area contributed by atoms with Crippen LogP contribution in [0.1, 0.15) is 5.82 Å². The quantitative estimate of drug-likeness (QED) is 0.676. The summed E-state index contributed by atoms with van der Waals surface area (Å²) in [6, 6.07) is 14.6. The van der Waals surface area contributed by atoms with Gasteiger partial charge in [-0.2, -0.15) is 0 Å². The van der Waals surface area contributed by atoms with Crippen molar-refractivity contribution in [3.63, 3.8) is 0 Å². The molecule has 0 unspecified atom stereocenters. The molecule has 0 amide bonds. The van der Waals surface area contributed by atoms with Gasteiger partial charge in [-0.15, -0.1) is 13.2 Å². The van der Waals surface area contributed by atoms with E-state index < -0.39 is 6.36 Å². The third-order valence-corrected chi connectivity index (χ3v) is 3.24. The minimum atomic E-state index is -4.70. The molecular weight excluding hydrogens is 333 g/mol. The van der Waals surface area contributed by atoms with Gasteiger partial charge in [0, 0.05) is 12.4 Å². The lowest BCUT2D eigenvalue weighted by Gasteiger charge is -2.10. The molecule has 4 nitrogen and oxygen atoms in total. The molecule has 7 heteroatoms. The van der Waals surface area contributed by atoms with E-state index in [0.717, 1.165) is 11.1 Å².